The average molecular weight is 323 g/mol. The van der Waals surface area contributed by atoms with Crippen LogP contribution in [0.1, 0.15) is 16.1 Å². The number of carbonyl (C=O) groups excluding carboxylic acids is 1. The number of nitrogens with one attached hydrogen (secondary N) is 1. The zero-order valence-electron chi connectivity index (χ0n) is 12.9. The standard InChI is InChI=1S/C18H17N3O3/c22-16-7-6-13(10-17(16)23)8-9-20-18(24)15-11-19-12-21(15)14-4-2-1-3-5-14/h1-7,10-12,22-23H,8-9H2,(H,20,24). The van der Waals surface area contributed by atoms with Gasteiger partial charge in [0.05, 0.1) is 12.5 Å². The summed E-state index contributed by atoms with van der Waals surface area (Å²) in [5.74, 6) is -0.546. The van der Waals surface area contributed by atoms with Gasteiger partial charge in [0.2, 0.25) is 0 Å². The summed E-state index contributed by atoms with van der Waals surface area (Å²) < 4.78 is 1.72. The number of benzene rings is 2. The zero-order valence-corrected chi connectivity index (χ0v) is 12.9. The Balaban J connectivity index is 1.64. The lowest BCUT2D eigenvalue weighted by Crippen LogP contribution is -2.27. The number of imidazole rings is 1. The fraction of sp³-hybridized carbons (Fsp3) is 0.111. The third-order valence-corrected chi connectivity index (χ3v) is 3.64. The van der Waals surface area contributed by atoms with E-state index in [0.29, 0.717) is 18.7 Å². The van der Waals surface area contributed by atoms with Crippen LogP contribution in [0.25, 0.3) is 5.69 Å². The molecule has 0 spiro atoms. The van der Waals surface area contributed by atoms with Gasteiger partial charge in [-0.2, -0.15) is 0 Å². The Bertz CT molecular complexity index is 844. The molecule has 1 amide bonds. The van der Waals surface area contributed by atoms with E-state index in [2.05, 4.69) is 10.3 Å². The first-order valence-corrected chi connectivity index (χ1v) is 7.52. The summed E-state index contributed by atoms with van der Waals surface area (Å²) in [7, 11) is 0. The fourth-order valence-electron chi connectivity index (χ4n) is 2.39. The van der Waals surface area contributed by atoms with E-state index in [9.17, 15) is 15.0 Å². The largest absolute Gasteiger partial charge is 0.504 e. The molecule has 6 heteroatoms. The maximum atomic E-state index is 12.3. The van der Waals surface area contributed by atoms with E-state index in [1.807, 2.05) is 30.3 Å². The number of carbonyl (C=O) groups is 1. The zero-order chi connectivity index (χ0) is 16.9. The van der Waals surface area contributed by atoms with Crippen LogP contribution in [0.2, 0.25) is 0 Å². The first-order chi connectivity index (χ1) is 11.6. The predicted octanol–water partition coefficient (Wildman–Crippen LogP) is 2.26. The minimum atomic E-state index is -0.223. The van der Waals surface area contributed by atoms with Gasteiger partial charge in [-0.1, -0.05) is 24.3 Å². The van der Waals surface area contributed by atoms with Crippen molar-refractivity contribution in [2.24, 2.45) is 0 Å². The molecule has 0 atom stereocenters. The maximum absolute atomic E-state index is 12.3. The van der Waals surface area contributed by atoms with Gasteiger partial charge in [-0.3, -0.25) is 9.36 Å². The van der Waals surface area contributed by atoms with Crippen molar-refractivity contribution < 1.29 is 15.0 Å². The van der Waals surface area contributed by atoms with Crippen molar-refractivity contribution in [2.45, 2.75) is 6.42 Å². The molecule has 0 saturated heterocycles. The maximum Gasteiger partial charge on any atom is 0.269 e. The number of phenols is 2. The quantitative estimate of drug-likeness (QED) is 0.629. The van der Waals surface area contributed by atoms with Crippen LogP contribution in [-0.2, 0) is 6.42 Å². The van der Waals surface area contributed by atoms with Crippen LogP contribution >= 0.6 is 0 Å². The highest BCUT2D eigenvalue weighted by Gasteiger charge is 2.12. The van der Waals surface area contributed by atoms with E-state index in [1.54, 1.807) is 17.0 Å². The number of aromatic hydroxyl groups is 2. The molecule has 0 fully saturated rings. The molecule has 1 aromatic heterocycles. The molecule has 0 bridgehead atoms. The van der Waals surface area contributed by atoms with Gasteiger partial charge < -0.3 is 15.5 Å². The van der Waals surface area contributed by atoms with Crippen LogP contribution in [0, 0.1) is 0 Å². The number of hydrogen-bond donors (Lipinski definition) is 3. The Hall–Kier alpha value is -3.28. The number of hydrogen-bond acceptors (Lipinski definition) is 4. The van der Waals surface area contributed by atoms with Gasteiger partial charge >= 0.3 is 0 Å². The minimum Gasteiger partial charge on any atom is -0.504 e. The molecule has 24 heavy (non-hydrogen) atoms. The first kappa shape index (κ1) is 15.6. The molecule has 0 aliphatic carbocycles. The molecule has 3 N–H and O–H groups in total. The molecular formula is C18H17N3O3. The highest BCUT2D eigenvalue weighted by molar-refractivity contribution is 5.93. The Kier molecular flexibility index (Phi) is 4.47. The van der Waals surface area contributed by atoms with Crippen LogP contribution in [0.3, 0.4) is 0 Å². The van der Waals surface area contributed by atoms with E-state index in [1.165, 1.54) is 18.3 Å². The Morgan fingerprint density at radius 2 is 1.88 bits per heavy atom. The van der Waals surface area contributed by atoms with Crippen molar-refractivity contribution in [2.75, 3.05) is 6.54 Å². The molecular weight excluding hydrogens is 306 g/mol. The van der Waals surface area contributed by atoms with Gasteiger partial charge in [-0.25, -0.2) is 4.98 Å². The fourth-order valence-corrected chi connectivity index (χ4v) is 2.39. The summed E-state index contributed by atoms with van der Waals surface area (Å²) in [5, 5.41) is 21.6. The SMILES string of the molecule is O=C(NCCc1ccc(O)c(O)c1)c1cncn1-c1ccccc1. The number of rotatable bonds is 5. The molecule has 2 aromatic carbocycles. The number of amides is 1. The third kappa shape index (κ3) is 3.38. The van der Waals surface area contributed by atoms with Crippen molar-refractivity contribution in [1.29, 1.82) is 0 Å². The molecule has 3 rings (SSSR count). The van der Waals surface area contributed by atoms with Gasteiger partial charge in [0.1, 0.15) is 5.69 Å². The van der Waals surface area contributed by atoms with E-state index >= 15 is 0 Å². The number of para-hydroxylation sites is 1. The summed E-state index contributed by atoms with van der Waals surface area (Å²) in [6, 6.07) is 14.1. The molecule has 0 radical (unpaired) electrons. The first-order valence-electron chi connectivity index (χ1n) is 7.52. The van der Waals surface area contributed by atoms with Gasteiger partial charge in [0, 0.05) is 12.2 Å². The van der Waals surface area contributed by atoms with Gasteiger partial charge in [0.25, 0.3) is 5.91 Å². The molecule has 0 aliphatic heterocycles. The highest BCUT2D eigenvalue weighted by Crippen LogP contribution is 2.24. The van der Waals surface area contributed by atoms with E-state index in [0.717, 1.165) is 11.3 Å². The lowest BCUT2D eigenvalue weighted by Gasteiger charge is -2.09. The molecule has 0 aliphatic rings. The van der Waals surface area contributed by atoms with Crippen molar-refractivity contribution in [3.8, 4) is 17.2 Å². The number of nitrogens with zero attached hydrogens (tertiary/aromatic N) is 2. The van der Waals surface area contributed by atoms with Gasteiger partial charge in [0.15, 0.2) is 11.5 Å². The minimum absolute atomic E-state index is 0.158. The molecule has 3 aromatic rings. The summed E-state index contributed by atoms with van der Waals surface area (Å²) in [6.45, 7) is 0.406. The normalized spacial score (nSPS) is 10.5. The molecule has 6 nitrogen and oxygen atoms in total. The van der Waals surface area contributed by atoms with Crippen molar-refractivity contribution in [1.82, 2.24) is 14.9 Å². The van der Waals surface area contributed by atoms with Crippen LogP contribution in [0.4, 0.5) is 0 Å². The summed E-state index contributed by atoms with van der Waals surface area (Å²) in [5.41, 5.74) is 2.14. The highest BCUT2D eigenvalue weighted by atomic mass is 16.3. The monoisotopic (exact) mass is 323 g/mol. The Labute approximate surface area is 139 Å². The number of aromatic nitrogens is 2. The van der Waals surface area contributed by atoms with Crippen molar-refractivity contribution in [3.05, 3.63) is 72.3 Å². The number of phenolic OH excluding ortho intramolecular Hbond substituents is 2. The average Bonchev–Trinajstić information content (AvgIpc) is 3.08. The smallest absolute Gasteiger partial charge is 0.269 e. The van der Waals surface area contributed by atoms with Crippen LogP contribution in [0.15, 0.2) is 61.1 Å². The van der Waals surface area contributed by atoms with Crippen LogP contribution in [0.5, 0.6) is 11.5 Å². The summed E-state index contributed by atoms with van der Waals surface area (Å²) >= 11 is 0. The second-order valence-corrected chi connectivity index (χ2v) is 5.31. The van der Waals surface area contributed by atoms with E-state index in [-0.39, 0.29) is 17.4 Å². The van der Waals surface area contributed by atoms with Gasteiger partial charge in [-0.15, -0.1) is 0 Å². The van der Waals surface area contributed by atoms with E-state index in [4.69, 9.17) is 0 Å². The lowest BCUT2D eigenvalue weighted by molar-refractivity contribution is 0.0947. The Morgan fingerprint density at radius 3 is 2.62 bits per heavy atom. The summed E-state index contributed by atoms with van der Waals surface area (Å²) in [4.78, 5) is 16.4. The Morgan fingerprint density at radius 1 is 1.08 bits per heavy atom. The van der Waals surface area contributed by atoms with Gasteiger partial charge in [-0.05, 0) is 36.2 Å². The lowest BCUT2D eigenvalue weighted by atomic mass is 10.1. The van der Waals surface area contributed by atoms with Crippen molar-refractivity contribution >= 4 is 5.91 Å². The second-order valence-electron chi connectivity index (χ2n) is 5.31. The second kappa shape index (κ2) is 6.87. The van der Waals surface area contributed by atoms with E-state index < -0.39 is 0 Å². The third-order valence-electron chi connectivity index (χ3n) is 3.64. The summed E-state index contributed by atoms with van der Waals surface area (Å²) in [6.07, 6.45) is 3.66. The molecule has 1 heterocycles. The van der Waals surface area contributed by atoms with Crippen LogP contribution in [-0.4, -0.2) is 32.2 Å². The van der Waals surface area contributed by atoms with Crippen LogP contribution < -0.4 is 5.32 Å². The predicted molar refractivity (Wildman–Crippen MR) is 89.4 cm³/mol. The van der Waals surface area contributed by atoms with Crippen molar-refractivity contribution in [3.63, 3.8) is 0 Å². The molecule has 122 valence electrons. The topological polar surface area (TPSA) is 87.4 Å². The molecule has 0 unspecified atom stereocenters. The molecule has 0 saturated carbocycles.